The van der Waals surface area contributed by atoms with E-state index in [2.05, 4.69) is 5.32 Å². The summed E-state index contributed by atoms with van der Waals surface area (Å²) >= 11 is 0. The van der Waals surface area contributed by atoms with E-state index >= 15 is 0 Å². The largest absolute Gasteiger partial charge is 0.480 e. The van der Waals surface area contributed by atoms with Gasteiger partial charge >= 0.3 is 13.1 Å². The monoisotopic (exact) mass is 231 g/mol. The molecular weight excluding hydrogens is 213 g/mol. The predicted octanol–water partition coefficient (Wildman–Crippen LogP) is -1.34. The van der Waals surface area contributed by atoms with Gasteiger partial charge in [-0.1, -0.05) is 6.42 Å². The number of hydrogen-bond acceptors (Lipinski definition) is 5. The zero-order valence-electron chi connectivity index (χ0n) is 9.09. The highest BCUT2D eigenvalue weighted by Crippen LogP contribution is 2.31. The molecule has 1 aliphatic rings. The molecule has 92 valence electrons. The van der Waals surface area contributed by atoms with E-state index in [1.165, 1.54) is 0 Å². The highest BCUT2D eigenvalue weighted by atomic mass is 16.4. The fourth-order valence-electron chi connectivity index (χ4n) is 2.30. The van der Waals surface area contributed by atoms with Gasteiger partial charge in [0.1, 0.15) is 5.54 Å². The van der Waals surface area contributed by atoms with Crippen molar-refractivity contribution in [1.29, 1.82) is 0 Å². The summed E-state index contributed by atoms with van der Waals surface area (Å²) in [6.07, 6.45) is 2.03. The van der Waals surface area contributed by atoms with Crippen LogP contribution in [0.3, 0.4) is 0 Å². The number of carbonyl (C=O) groups is 1. The molecular formula is C9H18BNO5. The van der Waals surface area contributed by atoms with Crippen LogP contribution in [0, 0.1) is 5.92 Å². The number of carboxylic acid groups (broad SMARTS) is 1. The molecule has 0 unspecified atom stereocenters. The number of rotatable bonds is 6. The molecule has 0 saturated carbocycles. The average molecular weight is 231 g/mol. The first-order chi connectivity index (χ1) is 7.53. The van der Waals surface area contributed by atoms with Crippen LogP contribution < -0.4 is 5.32 Å². The minimum Gasteiger partial charge on any atom is -0.480 e. The van der Waals surface area contributed by atoms with Gasteiger partial charge in [0.25, 0.3) is 0 Å². The van der Waals surface area contributed by atoms with Gasteiger partial charge in [-0.3, -0.25) is 10.1 Å². The first-order valence-corrected chi connectivity index (χ1v) is 5.48. The Balaban J connectivity index is 2.54. The Kier molecular flexibility index (Phi) is 4.73. The van der Waals surface area contributed by atoms with E-state index in [0.29, 0.717) is 25.8 Å². The SMILES string of the molecule is O=C(O)[C@]1(CO)NCC[C@H]1CCCB(O)O. The summed E-state index contributed by atoms with van der Waals surface area (Å²) in [5, 5.41) is 38.6. The number of nitrogens with one attached hydrogen (secondary N) is 1. The van der Waals surface area contributed by atoms with Crippen molar-refractivity contribution in [2.24, 2.45) is 5.92 Å². The smallest absolute Gasteiger partial charge is 0.451 e. The van der Waals surface area contributed by atoms with Crippen LogP contribution >= 0.6 is 0 Å². The minimum absolute atomic E-state index is 0.159. The molecule has 1 saturated heterocycles. The molecule has 0 aromatic rings. The maximum absolute atomic E-state index is 11.1. The van der Waals surface area contributed by atoms with E-state index in [0.717, 1.165) is 0 Å². The van der Waals surface area contributed by atoms with Crippen LogP contribution in [-0.2, 0) is 4.79 Å². The third-order valence-corrected chi connectivity index (χ3v) is 3.28. The number of aliphatic carboxylic acids is 1. The van der Waals surface area contributed by atoms with E-state index in [1.54, 1.807) is 0 Å². The first-order valence-electron chi connectivity index (χ1n) is 5.48. The molecule has 0 aromatic heterocycles. The van der Waals surface area contributed by atoms with Crippen LogP contribution in [0.25, 0.3) is 0 Å². The normalized spacial score (nSPS) is 29.3. The van der Waals surface area contributed by atoms with Crippen molar-refractivity contribution in [2.75, 3.05) is 13.2 Å². The zero-order valence-corrected chi connectivity index (χ0v) is 9.09. The Hall–Kier alpha value is -0.625. The van der Waals surface area contributed by atoms with Gasteiger partial charge in [-0.25, -0.2) is 0 Å². The predicted molar refractivity (Wildman–Crippen MR) is 57.8 cm³/mol. The van der Waals surface area contributed by atoms with E-state index in [-0.39, 0.29) is 12.2 Å². The Morgan fingerprint density at radius 2 is 2.19 bits per heavy atom. The molecule has 2 atom stereocenters. The van der Waals surface area contributed by atoms with Crippen molar-refractivity contribution in [3.8, 4) is 0 Å². The molecule has 7 heteroatoms. The molecule has 0 aromatic carbocycles. The highest BCUT2D eigenvalue weighted by Gasteiger charge is 2.48. The van der Waals surface area contributed by atoms with Gasteiger partial charge in [-0.15, -0.1) is 0 Å². The van der Waals surface area contributed by atoms with Gasteiger partial charge in [0.15, 0.2) is 0 Å². The van der Waals surface area contributed by atoms with Crippen molar-refractivity contribution < 1.29 is 25.1 Å². The standard InChI is InChI=1S/C9H18BNO5/c12-6-9(8(13)14)7(3-5-11-9)2-1-4-10(15)16/h7,11-12,15-16H,1-6H2,(H,13,14)/t7-,9-/m1/s1. The second-order valence-corrected chi connectivity index (χ2v) is 4.26. The third-order valence-electron chi connectivity index (χ3n) is 3.28. The Labute approximate surface area is 94.4 Å². The zero-order chi connectivity index (χ0) is 12.2. The lowest BCUT2D eigenvalue weighted by Crippen LogP contribution is -2.55. The molecule has 1 heterocycles. The summed E-state index contributed by atoms with van der Waals surface area (Å²) < 4.78 is 0. The lowest BCUT2D eigenvalue weighted by Gasteiger charge is -2.29. The minimum atomic E-state index is -1.34. The topological polar surface area (TPSA) is 110 Å². The summed E-state index contributed by atoms with van der Waals surface area (Å²) in [5.74, 6) is -1.20. The van der Waals surface area contributed by atoms with Crippen molar-refractivity contribution in [3.63, 3.8) is 0 Å². The Morgan fingerprint density at radius 3 is 2.69 bits per heavy atom. The van der Waals surface area contributed by atoms with Gasteiger partial charge in [0.2, 0.25) is 0 Å². The molecule has 0 aliphatic carbocycles. The van der Waals surface area contributed by atoms with Gasteiger partial charge in [-0.05, 0) is 31.6 Å². The fourth-order valence-corrected chi connectivity index (χ4v) is 2.30. The van der Waals surface area contributed by atoms with Crippen molar-refractivity contribution >= 4 is 13.1 Å². The Bertz CT molecular complexity index is 250. The lowest BCUT2D eigenvalue weighted by atomic mass is 9.77. The van der Waals surface area contributed by atoms with Crippen LogP contribution in [0.2, 0.25) is 6.32 Å². The lowest BCUT2D eigenvalue weighted by molar-refractivity contribution is -0.148. The number of carboxylic acids is 1. The summed E-state index contributed by atoms with van der Waals surface area (Å²) in [6, 6.07) is 0. The van der Waals surface area contributed by atoms with E-state index < -0.39 is 25.2 Å². The summed E-state index contributed by atoms with van der Waals surface area (Å²) in [4.78, 5) is 11.1. The van der Waals surface area contributed by atoms with E-state index in [4.69, 9.17) is 15.2 Å². The van der Waals surface area contributed by atoms with Crippen molar-refractivity contribution in [2.45, 2.75) is 31.1 Å². The maximum atomic E-state index is 11.1. The third kappa shape index (κ3) is 2.73. The van der Waals surface area contributed by atoms with Crippen molar-refractivity contribution in [1.82, 2.24) is 5.32 Å². The highest BCUT2D eigenvalue weighted by molar-refractivity contribution is 6.40. The average Bonchev–Trinajstić information content (AvgIpc) is 2.61. The second-order valence-electron chi connectivity index (χ2n) is 4.26. The maximum Gasteiger partial charge on any atom is 0.451 e. The molecule has 1 fully saturated rings. The number of aliphatic hydroxyl groups excluding tert-OH is 1. The molecule has 0 spiro atoms. The quantitative estimate of drug-likeness (QED) is 0.362. The van der Waals surface area contributed by atoms with Gasteiger partial charge in [0.05, 0.1) is 6.61 Å². The fraction of sp³-hybridized carbons (Fsp3) is 0.889. The first kappa shape index (κ1) is 13.4. The summed E-state index contributed by atoms with van der Waals surface area (Å²) in [5.41, 5.74) is -1.25. The molecule has 1 aliphatic heterocycles. The van der Waals surface area contributed by atoms with Crippen LogP contribution in [0.5, 0.6) is 0 Å². The summed E-state index contributed by atoms with van der Waals surface area (Å²) in [7, 11) is -1.34. The molecule has 1 rings (SSSR count). The summed E-state index contributed by atoms with van der Waals surface area (Å²) in [6.45, 7) is 0.133. The van der Waals surface area contributed by atoms with Gasteiger partial charge < -0.3 is 20.3 Å². The van der Waals surface area contributed by atoms with Gasteiger partial charge in [0, 0.05) is 0 Å². The molecule has 5 N–H and O–H groups in total. The van der Waals surface area contributed by atoms with E-state index in [9.17, 15) is 9.90 Å². The molecule has 16 heavy (non-hydrogen) atoms. The molecule has 0 radical (unpaired) electrons. The van der Waals surface area contributed by atoms with Crippen molar-refractivity contribution in [3.05, 3.63) is 0 Å². The van der Waals surface area contributed by atoms with E-state index in [1.807, 2.05) is 0 Å². The van der Waals surface area contributed by atoms with Crippen LogP contribution in [0.1, 0.15) is 19.3 Å². The molecule has 0 bridgehead atoms. The van der Waals surface area contributed by atoms with Crippen LogP contribution in [-0.4, -0.2) is 52.0 Å². The van der Waals surface area contributed by atoms with Crippen LogP contribution in [0.15, 0.2) is 0 Å². The molecule has 0 amide bonds. The number of hydrogen-bond donors (Lipinski definition) is 5. The molecule has 6 nitrogen and oxygen atoms in total. The van der Waals surface area contributed by atoms with Crippen LogP contribution in [0.4, 0.5) is 0 Å². The Morgan fingerprint density at radius 1 is 1.50 bits per heavy atom. The second kappa shape index (κ2) is 5.63. The van der Waals surface area contributed by atoms with Gasteiger partial charge in [-0.2, -0.15) is 0 Å². The number of aliphatic hydroxyl groups is 1.